The Morgan fingerprint density at radius 2 is 2.32 bits per heavy atom. The Morgan fingerprint density at radius 1 is 1.53 bits per heavy atom. The van der Waals surface area contributed by atoms with Gasteiger partial charge in [0.2, 0.25) is 0 Å². The first-order chi connectivity index (χ1) is 9.10. The van der Waals surface area contributed by atoms with Gasteiger partial charge < -0.3 is 4.74 Å². The maximum Gasteiger partial charge on any atom is 0.167 e. The number of Topliss-reactive ketones (excluding diaryl/α,β-unsaturated/α-hetero) is 1. The van der Waals surface area contributed by atoms with Crippen molar-refractivity contribution in [3.05, 3.63) is 34.3 Å². The molecule has 1 fully saturated rings. The SMILES string of the molecule is CCN1CCOC(C(=O)Cc2ccc(C)cc2Cl)C1. The minimum atomic E-state index is -0.314. The summed E-state index contributed by atoms with van der Waals surface area (Å²) in [5.41, 5.74) is 1.99. The van der Waals surface area contributed by atoms with Crippen molar-refractivity contribution < 1.29 is 9.53 Å². The first-order valence-corrected chi connectivity index (χ1v) is 7.09. The van der Waals surface area contributed by atoms with Crippen molar-refractivity contribution in [2.75, 3.05) is 26.2 Å². The number of aryl methyl sites for hydroxylation is 1. The quantitative estimate of drug-likeness (QED) is 0.849. The normalized spacial score (nSPS) is 20.5. The van der Waals surface area contributed by atoms with Crippen LogP contribution in [-0.4, -0.2) is 43.0 Å². The predicted molar refractivity (Wildman–Crippen MR) is 76.8 cm³/mol. The fourth-order valence-electron chi connectivity index (χ4n) is 2.28. The molecule has 0 aromatic heterocycles. The van der Waals surface area contributed by atoms with Crippen LogP contribution in [0, 0.1) is 6.92 Å². The molecule has 0 saturated carbocycles. The molecule has 1 saturated heterocycles. The average molecular weight is 282 g/mol. The Kier molecular flexibility index (Phi) is 4.97. The first-order valence-electron chi connectivity index (χ1n) is 6.72. The third-order valence-corrected chi connectivity index (χ3v) is 3.88. The zero-order chi connectivity index (χ0) is 13.8. The van der Waals surface area contributed by atoms with Gasteiger partial charge in [0.1, 0.15) is 6.10 Å². The van der Waals surface area contributed by atoms with Gasteiger partial charge in [-0.1, -0.05) is 30.7 Å². The Labute approximate surface area is 119 Å². The van der Waals surface area contributed by atoms with E-state index in [1.807, 2.05) is 25.1 Å². The van der Waals surface area contributed by atoms with E-state index in [-0.39, 0.29) is 11.9 Å². The largest absolute Gasteiger partial charge is 0.368 e. The van der Waals surface area contributed by atoms with Gasteiger partial charge in [-0.05, 0) is 30.7 Å². The van der Waals surface area contributed by atoms with Crippen molar-refractivity contribution in [3.63, 3.8) is 0 Å². The summed E-state index contributed by atoms with van der Waals surface area (Å²) in [5, 5.41) is 0.663. The van der Waals surface area contributed by atoms with Gasteiger partial charge in [0.15, 0.2) is 5.78 Å². The first kappa shape index (κ1) is 14.5. The van der Waals surface area contributed by atoms with E-state index >= 15 is 0 Å². The lowest BCUT2D eigenvalue weighted by Gasteiger charge is -2.31. The van der Waals surface area contributed by atoms with Gasteiger partial charge in [0.25, 0.3) is 0 Å². The van der Waals surface area contributed by atoms with E-state index in [0.717, 1.165) is 24.2 Å². The summed E-state index contributed by atoms with van der Waals surface area (Å²) in [4.78, 5) is 14.5. The van der Waals surface area contributed by atoms with Gasteiger partial charge in [-0.25, -0.2) is 0 Å². The van der Waals surface area contributed by atoms with Crippen molar-refractivity contribution in [1.82, 2.24) is 4.90 Å². The van der Waals surface area contributed by atoms with Crippen LogP contribution in [0.15, 0.2) is 18.2 Å². The summed E-state index contributed by atoms with van der Waals surface area (Å²) in [7, 11) is 0. The monoisotopic (exact) mass is 281 g/mol. The van der Waals surface area contributed by atoms with E-state index in [1.165, 1.54) is 0 Å². The second-order valence-electron chi connectivity index (χ2n) is 4.99. The van der Waals surface area contributed by atoms with Crippen molar-refractivity contribution >= 4 is 17.4 Å². The van der Waals surface area contributed by atoms with Crippen LogP contribution in [0.5, 0.6) is 0 Å². The Balaban J connectivity index is 2.00. The third kappa shape index (κ3) is 3.78. The Bertz CT molecular complexity index is 461. The van der Waals surface area contributed by atoms with Crippen molar-refractivity contribution in [1.29, 1.82) is 0 Å². The van der Waals surface area contributed by atoms with E-state index in [2.05, 4.69) is 11.8 Å². The molecule has 1 aromatic carbocycles. The Hall–Kier alpha value is -0.900. The molecule has 0 N–H and O–H groups in total. The molecule has 1 atom stereocenters. The van der Waals surface area contributed by atoms with Crippen LogP contribution in [0.25, 0.3) is 0 Å². The molecule has 2 rings (SSSR count). The molecule has 1 aliphatic rings. The number of carbonyl (C=O) groups is 1. The minimum absolute atomic E-state index is 0.115. The van der Waals surface area contributed by atoms with Gasteiger partial charge in [0, 0.05) is 24.5 Å². The lowest BCUT2D eigenvalue weighted by molar-refractivity contribution is -0.135. The summed E-state index contributed by atoms with van der Waals surface area (Å²) >= 11 is 6.17. The lowest BCUT2D eigenvalue weighted by Crippen LogP contribution is -2.46. The van der Waals surface area contributed by atoms with Crippen LogP contribution >= 0.6 is 11.6 Å². The summed E-state index contributed by atoms with van der Waals surface area (Å²) in [6, 6.07) is 5.80. The van der Waals surface area contributed by atoms with Gasteiger partial charge >= 0.3 is 0 Å². The molecule has 0 amide bonds. The summed E-state index contributed by atoms with van der Waals surface area (Å²) < 4.78 is 5.57. The highest BCUT2D eigenvalue weighted by molar-refractivity contribution is 6.31. The maximum atomic E-state index is 12.3. The number of ketones is 1. The molecule has 1 unspecified atom stereocenters. The number of ether oxygens (including phenoxy) is 1. The Morgan fingerprint density at radius 3 is 3.00 bits per heavy atom. The van der Waals surface area contributed by atoms with Crippen molar-refractivity contribution in [2.24, 2.45) is 0 Å². The molecule has 0 spiro atoms. The molecular weight excluding hydrogens is 262 g/mol. The van der Waals surface area contributed by atoms with E-state index in [4.69, 9.17) is 16.3 Å². The molecular formula is C15H20ClNO2. The zero-order valence-electron chi connectivity index (χ0n) is 11.5. The van der Waals surface area contributed by atoms with Crippen LogP contribution in [-0.2, 0) is 16.0 Å². The molecule has 0 radical (unpaired) electrons. The van der Waals surface area contributed by atoms with Crippen LogP contribution in [0.2, 0.25) is 5.02 Å². The van der Waals surface area contributed by atoms with E-state index in [1.54, 1.807) is 0 Å². The van der Waals surface area contributed by atoms with Gasteiger partial charge in [-0.2, -0.15) is 0 Å². The highest BCUT2D eigenvalue weighted by Crippen LogP contribution is 2.19. The molecule has 3 nitrogen and oxygen atoms in total. The number of benzene rings is 1. The standard InChI is InChI=1S/C15H20ClNO2/c1-3-17-6-7-19-15(10-17)14(18)9-12-5-4-11(2)8-13(12)16/h4-5,8,15H,3,6-7,9-10H2,1-2H3. The molecule has 104 valence electrons. The minimum Gasteiger partial charge on any atom is -0.368 e. The van der Waals surface area contributed by atoms with E-state index in [9.17, 15) is 4.79 Å². The number of hydrogen-bond donors (Lipinski definition) is 0. The smallest absolute Gasteiger partial charge is 0.167 e. The van der Waals surface area contributed by atoms with Crippen LogP contribution in [0.1, 0.15) is 18.1 Å². The van der Waals surface area contributed by atoms with Crippen LogP contribution in [0.4, 0.5) is 0 Å². The average Bonchev–Trinajstić information content (AvgIpc) is 2.42. The summed E-state index contributed by atoms with van der Waals surface area (Å²) in [5.74, 6) is 0.115. The number of rotatable bonds is 4. The van der Waals surface area contributed by atoms with Crippen molar-refractivity contribution in [3.8, 4) is 0 Å². The van der Waals surface area contributed by atoms with Crippen LogP contribution < -0.4 is 0 Å². The zero-order valence-corrected chi connectivity index (χ0v) is 12.2. The molecule has 0 aliphatic carbocycles. The van der Waals surface area contributed by atoms with E-state index in [0.29, 0.717) is 24.6 Å². The molecule has 0 bridgehead atoms. The number of halogens is 1. The van der Waals surface area contributed by atoms with Crippen molar-refractivity contribution in [2.45, 2.75) is 26.4 Å². The second-order valence-corrected chi connectivity index (χ2v) is 5.40. The molecule has 1 heterocycles. The van der Waals surface area contributed by atoms with E-state index < -0.39 is 0 Å². The number of nitrogens with zero attached hydrogens (tertiary/aromatic N) is 1. The maximum absolute atomic E-state index is 12.3. The topological polar surface area (TPSA) is 29.5 Å². The number of hydrogen-bond acceptors (Lipinski definition) is 3. The molecule has 1 aliphatic heterocycles. The molecule has 19 heavy (non-hydrogen) atoms. The van der Waals surface area contributed by atoms with Gasteiger partial charge in [0.05, 0.1) is 6.61 Å². The molecule has 4 heteroatoms. The van der Waals surface area contributed by atoms with Gasteiger partial charge in [-0.15, -0.1) is 0 Å². The highest BCUT2D eigenvalue weighted by atomic mass is 35.5. The number of carbonyl (C=O) groups excluding carboxylic acids is 1. The number of morpholine rings is 1. The lowest BCUT2D eigenvalue weighted by atomic mass is 10.0. The summed E-state index contributed by atoms with van der Waals surface area (Å²) in [6.45, 7) is 7.28. The molecule has 1 aromatic rings. The van der Waals surface area contributed by atoms with Crippen LogP contribution in [0.3, 0.4) is 0 Å². The van der Waals surface area contributed by atoms with Gasteiger partial charge in [-0.3, -0.25) is 9.69 Å². The second kappa shape index (κ2) is 6.51. The fraction of sp³-hybridized carbons (Fsp3) is 0.533. The summed E-state index contributed by atoms with van der Waals surface area (Å²) in [6.07, 6.45) is 0.0347. The highest BCUT2D eigenvalue weighted by Gasteiger charge is 2.26. The third-order valence-electron chi connectivity index (χ3n) is 3.53. The fourth-order valence-corrected chi connectivity index (χ4v) is 2.58. The number of likely N-dealkylation sites (N-methyl/N-ethyl adjacent to an activating group) is 1. The predicted octanol–water partition coefficient (Wildman–Crippen LogP) is 2.48.